The van der Waals surface area contributed by atoms with Gasteiger partial charge in [0.15, 0.2) is 5.75 Å². The van der Waals surface area contributed by atoms with Crippen LogP contribution in [0, 0.1) is 10.1 Å². The van der Waals surface area contributed by atoms with Crippen LogP contribution in [0.3, 0.4) is 0 Å². The van der Waals surface area contributed by atoms with Gasteiger partial charge in [-0.3, -0.25) is 14.9 Å². The van der Waals surface area contributed by atoms with Crippen molar-refractivity contribution in [2.24, 2.45) is 0 Å². The van der Waals surface area contributed by atoms with Gasteiger partial charge in [0, 0.05) is 24.6 Å². The van der Waals surface area contributed by atoms with Crippen molar-refractivity contribution in [2.75, 3.05) is 46.5 Å². The first-order valence-corrected chi connectivity index (χ1v) is 7.63. The van der Waals surface area contributed by atoms with E-state index in [0.29, 0.717) is 6.54 Å². The lowest BCUT2D eigenvalue weighted by atomic mass is 10.1. The Labute approximate surface area is 134 Å². The average molecular weight is 324 g/mol. The molecule has 1 aromatic rings. The van der Waals surface area contributed by atoms with E-state index in [2.05, 4.69) is 5.32 Å². The lowest BCUT2D eigenvalue weighted by molar-refractivity contribution is -0.908. The summed E-state index contributed by atoms with van der Waals surface area (Å²) in [7, 11) is 1.36. The van der Waals surface area contributed by atoms with E-state index in [1.54, 1.807) is 0 Å². The first-order chi connectivity index (χ1) is 11.1. The van der Waals surface area contributed by atoms with Crippen LogP contribution in [0.25, 0.3) is 0 Å². The van der Waals surface area contributed by atoms with Crippen molar-refractivity contribution in [3.63, 3.8) is 0 Å². The number of nitro groups is 1. The van der Waals surface area contributed by atoms with E-state index in [1.807, 2.05) is 0 Å². The number of nitrogens with zero attached hydrogens (tertiary/aromatic N) is 1. The Morgan fingerprint density at radius 3 is 2.83 bits per heavy atom. The molecular formula is C15H22N3O5+. The number of amides is 1. The van der Waals surface area contributed by atoms with Gasteiger partial charge in [0.1, 0.15) is 13.1 Å². The topological polar surface area (TPSA) is 95.1 Å². The molecule has 0 unspecified atom stereocenters. The fourth-order valence-corrected chi connectivity index (χ4v) is 2.53. The third kappa shape index (κ3) is 4.90. The molecule has 0 saturated carbocycles. The standard InChI is InChI=1S/C15H21N3O5/c1-22-14-4-3-12(11-13(14)18(20)21)15(19)16-5-2-6-17-7-9-23-10-8-17/h3-4,11H,2,5-10H2,1H3,(H,16,19)/p+1. The molecule has 0 atom stereocenters. The number of quaternary nitrogens is 1. The van der Waals surface area contributed by atoms with Gasteiger partial charge in [-0.1, -0.05) is 0 Å². The molecule has 1 aliphatic rings. The summed E-state index contributed by atoms with van der Waals surface area (Å²) >= 11 is 0. The number of hydrogen-bond donors (Lipinski definition) is 2. The van der Waals surface area contributed by atoms with Crippen molar-refractivity contribution in [3.8, 4) is 5.75 Å². The number of nitro benzene ring substituents is 1. The largest absolute Gasteiger partial charge is 0.490 e. The summed E-state index contributed by atoms with van der Waals surface area (Å²) in [6.45, 7) is 5.10. The van der Waals surface area contributed by atoms with Gasteiger partial charge >= 0.3 is 5.69 Å². The van der Waals surface area contributed by atoms with Gasteiger partial charge < -0.3 is 19.7 Å². The zero-order valence-electron chi connectivity index (χ0n) is 13.2. The summed E-state index contributed by atoms with van der Waals surface area (Å²) in [6, 6.07) is 4.20. The normalized spacial score (nSPS) is 15.2. The van der Waals surface area contributed by atoms with Gasteiger partial charge in [0.05, 0.1) is 31.8 Å². The molecule has 1 aromatic carbocycles. The first-order valence-electron chi connectivity index (χ1n) is 7.63. The summed E-state index contributed by atoms with van der Waals surface area (Å²) in [6.07, 6.45) is 0.860. The minimum atomic E-state index is -0.558. The molecule has 1 saturated heterocycles. The fraction of sp³-hybridized carbons (Fsp3) is 0.533. The molecule has 1 amide bonds. The number of carbonyl (C=O) groups is 1. The van der Waals surface area contributed by atoms with Crippen molar-refractivity contribution in [1.82, 2.24) is 5.32 Å². The Kier molecular flexibility index (Phi) is 6.30. The molecule has 0 spiro atoms. The molecule has 23 heavy (non-hydrogen) atoms. The van der Waals surface area contributed by atoms with Crippen LogP contribution in [0.1, 0.15) is 16.8 Å². The van der Waals surface area contributed by atoms with E-state index in [9.17, 15) is 14.9 Å². The molecule has 8 nitrogen and oxygen atoms in total. The quantitative estimate of drug-likeness (QED) is 0.406. The highest BCUT2D eigenvalue weighted by Crippen LogP contribution is 2.27. The smallest absolute Gasteiger partial charge is 0.311 e. The highest BCUT2D eigenvalue weighted by atomic mass is 16.6. The maximum absolute atomic E-state index is 12.1. The van der Waals surface area contributed by atoms with E-state index in [4.69, 9.17) is 9.47 Å². The highest BCUT2D eigenvalue weighted by molar-refractivity contribution is 5.95. The summed E-state index contributed by atoms with van der Waals surface area (Å²) in [4.78, 5) is 24.0. The van der Waals surface area contributed by atoms with Crippen LogP contribution in [0.5, 0.6) is 5.75 Å². The zero-order chi connectivity index (χ0) is 16.7. The van der Waals surface area contributed by atoms with Gasteiger partial charge in [-0.2, -0.15) is 0 Å². The molecule has 0 aliphatic carbocycles. The molecule has 0 radical (unpaired) electrons. The number of benzene rings is 1. The van der Waals surface area contributed by atoms with Crippen LogP contribution < -0.4 is 15.0 Å². The maximum Gasteiger partial charge on any atom is 0.311 e. The van der Waals surface area contributed by atoms with E-state index < -0.39 is 4.92 Å². The van der Waals surface area contributed by atoms with Crippen LogP contribution >= 0.6 is 0 Å². The predicted octanol–water partition coefficient (Wildman–Crippen LogP) is -0.362. The van der Waals surface area contributed by atoms with Crippen LogP contribution in [0.4, 0.5) is 5.69 Å². The van der Waals surface area contributed by atoms with Crippen molar-refractivity contribution in [2.45, 2.75) is 6.42 Å². The van der Waals surface area contributed by atoms with E-state index in [0.717, 1.165) is 39.3 Å². The first kappa shape index (κ1) is 17.2. The Bertz CT molecular complexity index is 558. The molecule has 2 rings (SSSR count). The molecule has 2 N–H and O–H groups in total. The molecule has 0 bridgehead atoms. The zero-order valence-corrected chi connectivity index (χ0v) is 13.2. The molecule has 0 aromatic heterocycles. The lowest BCUT2D eigenvalue weighted by Gasteiger charge is -2.23. The van der Waals surface area contributed by atoms with E-state index in [1.165, 1.54) is 30.2 Å². The number of ether oxygens (including phenoxy) is 2. The van der Waals surface area contributed by atoms with Crippen molar-refractivity contribution in [3.05, 3.63) is 33.9 Å². The lowest BCUT2D eigenvalue weighted by Crippen LogP contribution is -3.14. The van der Waals surface area contributed by atoms with Crippen molar-refractivity contribution >= 4 is 11.6 Å². The van der Waals surface area contributed by atoms with Crippen LogP contribution in [-0.2, 0) is 4.74 Å². The van der Waals surface area contributed by atoms with Crippen LogP contribution in [0.15, 0.2) is 18.2 Å². The number of morpholine rings is 1. The molecule has 8 heteroatoms. The van der Waals surface area contributed by atoms with Gasteiger partial charge in [-0.15, -0.1) is 0 Å². The maximum atomic E-state index is 12.1. The second kappa shape index (κ2) is 8.44. The minimum absolute atomic E-state index is 0.141. The van der Waals surface area contributed by atoms with Gasteiger partial charge in [0.2, 0.25) is 0 Å². The number of hydrogen-bond acceptors (Lipinski definition) is 5. The SMILES string of the molecule is COc1ccc(C(=O)NCCC[NH+]2CCOCC2)cc1[N+](=O)[O-]. The predicted molar refractivity (Wildman–Crippen MR) is 83.0 cm³/mol. The summed E-state index contributed by atoms with van der Waals surface area (Å²) in [5.74, 6) is -0.171. The number of methoxy groups -OCH3 is 1. The molecule has 1 fully saturated rings. The van der Waals surface area contributed by atoms with E-state index in [-0.39, 0.29) is 22.9 Å². The van der Waals surface area contributed by atoms with Gasteiger partial charge in [-0.25, -0.2) is 0 Å². The van der Waals surface area contributed by atoms with Gasteiger partial charge in [-0.05, 0) is 12.1 Å². The second-order valence-corrected chi connectivity index (χ2v) is 5.37. The minimum Gasteiger partial charge on any atom is -0.490 e. The van der Waals surface area contributed by atoms with E-state index >= 15 is 0 Å². The number of nitrogens with one attached hydrogen (secondary N) is 2. The van der Waals surface area contributed by atoms with Crippen molar-refractivity contribution in [1.29, 1.82) is 0 Å². The Morgan fingerprint density at radius 2 is 2.17 bits per heavy atom. The summed E-state index contributed by atoms with van der Waals surface area (Å²) in [5, 5.41) is 13.8. The number of rotatable bonds is 7. The molecular weight excluding hydrogens is 302 g/mol. The molecule has 1 heterocycles. The second-order valence-electron chi connectivity index (χ2n) is 5.37. The third-order valence-corrected chi connectivity index (χ3v) is 3.83. The Morgan fingerprint density at radius 1 is 1.43 bits per heavy atom. The molecule has 126 valence electrons. The Hall–Kier alpha value is -2.19. The summed E-state index contributed by atoms with van der Waals surface area (Å²) < 4.78 is 10.2. The highest BCUT2D eigenvalue weighted by Gasteiger charge is 2.18. The molecule has 1 aliphatic heterocycles. The fourth-order valence-electron chi connectivity index (χ4n) is 2.53. The van der Waals surface area contributed by atoms with Crippen LogP contribution in [-0.4, -0.2) is 57.3 Å². The summed E-state index contributed by atoms with van der Waals surface area (Å²) in [5.41, 5.74) is 0.0501. The van der Waals surface area contributed by atoms with Gasteiger partial charge in [0.25, 0.3) is 5.91 Å². The number of carbonyl (C=O) groups excluding carboxylic acids is 1. The monoisotopic (exact) mass is 324 g/mol. The average Bonchev–Trinajstić information content (AvgIpc) is 2.58. The van der Waals surface area contributed by atoms with Crippen molar-refractivity contribution < 1.29 is 24.1 Å². The third-order valence-electron chi connectivity index (χ3n) is 3.83. The van der Waals surface area contributed by atoms with Crippen LogP contribution in [0.2, 0.25) is 0 Å². The Balaban J connectivity index is 1.83.